The predicted molar refractivity (Wildman–Crippen MR) is 118 cm³/mol. The molecule has 6 nitrogen and oxygen atoms in total. The second-order valence-corrected chi connectivity index (χ2v) is 10.3. The molecule has 0 unspecified atom stereocenters. The monoisotopic (exact) mass is 466 g/mol. The van der Waals surface area contributed by atoms with Gasteiger partial charge in [-0.3, -0.25) is 4.79 Å². The molecular formula is C22H24ClFN2O4S. The van der Waals surface area contributed by atoms with Crippen LogP contribution in [0.1, 0.15) is 47.5 Å². The summed E-state index contributed by atoms with van der Waals surface area (Å²) in [5.74, 6) is -1.17. The van der Waals surface area contributed by atoms with Gasteiger partial charge >= 0.3 is 0 Å². The number of benzene rings is 2. The van der Waals surface area contributed by atoms with Gasteiger partial charge < -0.3 is 9.64 Å². The summed E-state index contributed by atoms with van der Waals surface area (Å²) in [6.45, 7) is 1.29. The van der Waals surface area contributed by atoms with Crippen LogP contribution in [0, 0.1) is 5.82 Å². The Morgan fingerprint density at radius 1 is 1.23 bits per heavy atom. The molecule has 31 heavy (non-hydrogen) atoms. The third kappa shape index (κ3) is 5.30. The van der Waals surface area contributed by atoms with E-state index < -0.39 is 21.7 Å². The number of carbonyl (C=O) groups excluding carboxylic acids is 1. The average molecular weight is 467 g/mol. The molecule has 2 fully saturated rings. The maximum atomic E-state index is 14.7. The van der Waals surface area contributed by atoms with Gasteiger partial charge in [-0.2, -0.15) is 0 Å². The number of anilines is 1. The van der Waals surface area contributed by atoms with Crippen LogP contribution in [-0.4, -0.2) is 39.8 Å². The second-order valence-electron chi connectivity index (χ2n) is 8.12. The average Bonchev–Trinajstić information content (AvgIpc) is 3.43. The van der Waals surface area contributed by atoms with Crippen LogP contribution < -0.4 is 14.4 Å². The Balaban J connectivity index is 1.52. The number of ether oxygens (including phenoxy) is 1. The molecule has 2 aromatic carbocycles. The molecule has 0 radical (unpaired) electrons. The molecule has 9 heteroatoms. The first-order valence-corrected chi connectivity index (χ1v) is 12.5. The largest absolute Gasteiger partial charge is 0.491 e. The molecular weight excluding hydrogens is 443 g/mol. The fourth-order valence-corrected chi connectivity index (χ4v) is 4.55. The number of sulfonamides is 1. The van der Waals surface area contributed by atoms with Gasteiger partial charge in [-0.25, -0.2) is 17.5 Å². The molecule has 166 valence electrons. The predicted octanol–water partition coefficient (Wildman–Crippen LogP) is 4.09. The summed E-state index contributed by atoms with van der Waals surface area (Å²) in [6, 6.07) is 10.4. The summed E-state index contributed by atoms with van der Waals surface area (Å²) in [7, 11) is -3.78. The van der Waals surface area contributed by atoms with Crippen LogP contribution in [0.15, 0.2) is 36.4 Å². The molecule has 4 rings (SSSR count). The lowest BCUT2D eigenvalue weighted by molar-refractivity contribution is 0.0977. The molecule has 0 spiro atoms. The van der Waals surface area contributed by atoms with E-state index in [1.165, 1.54) is 12.1 Å². The summed E-state index contributed by atoms with van der Waals surface area (Å²) in [5.41, 5.74) is 1.52. The molecule has 2 aromatic rings. The normalized spacial score (nSPS) is 18.8. The molecule has 2 aliphatic rings. The molecule has 1 aliphatic carbocycles. The van der Waals surface area contributed by atoms with E-state index in [0.717, 1.165) is 49.7 Å². The molecule has 1 aliphatic heterocycles. The Morgan fingerprint density at radius 3 is 2.58 bits per heavy atom. The highest BCUT2D eigenvalue weighted by Crippen LogP contribution is 2.45. The molecule has 0 bridgehead atoms. The van der Waals surface area contributed by atoms with Gasteiger partial charge in [0.1, 0.15) is 18.2 Å². The van der Waals surface area contributed by atoms with Crippen molar-refractivity contribution in [2.24, 2.45) is 0 Å². The second kappa shape index (κ2) is 8.67. The van der Waals surface area contributed by atoms with Crippen molar-refractivity contribution in [1.82, 2.24) is 4.72 Å². The number of rotatable bonds is 7. The number of nitrogens with zero attached hydrogens (tertiary/aromatic N) is 1. The van der Waals surface area contributed by atoms with E-state index in [1.54, 1.807) is 0 Å². The zero-order valence-electron chi connectivity index (χ0n) is 17.1. The first-order valence-electron chi connectivity index (χ1n) is 10.2. The molecule has 1 atom stereocenters. The van der Waals surface area contributed by atoms with Crippen LogP contribution in [0.3, 0.4) is 0 Å². The number of hydrogen-bond acceptors (Lipinski definition) is 5. The summed E-state index contributed by atoms with van der Waals surface area (Å²) in [5, 5.41) is 0.681. The van der Waals surface area contributed by atoms with Crippen molar-refractivity contribution in [3.8, 4) is 5.75 Å². The molecule has 1 saturated carbocycles. The lowest BCUT2D eigenvalue weighted by Gasteiger charge is -2.27. The van der Waals surface area contributed by atoms with Crippen LogP contribution in [-0.2, 0) is 10.0 Å². The highest BCUT2D eigenvalue weighted by atomic mass is 35.5. The van der Waals surface area contributed by atoms with E-state index in [9.17, 15) is 17.6 Å². The van der Waals surface area contributed by atoms with Crippen molar-refractivity contribution in [2.45, 2.75) is 37.6 Å². The van der Waals surface area contributed by atoms with E-state index in [1.807, 2.05) is 29.0 Å². The Labute approximate surface area is 186 Å². The van der Waals surface area contributed by atoms with E-state index in [4.69, 9.17) is 16.3 Å². The number of amides is 1. The highest BCUT2D eigenvalue weighted by Gasteiger charge is 2.31. The zero-order chi connectivity index (χ0) is 22.2. The van der Waals surface area contributed by atoms with Gasteiger partial charge in [-0.05, 0) is 67.5 Å². The third-order valence-electron chi connectivity index (χ3n) is 5.61. The van der Waals surface area contributed by atoms with Crippen molar-refractivity contribution < 1.29 is 22.3 Å². The van der Waals surface area contributed by atoms with Gasteiger partial charge in [0, 0.05) is 23.3 Å². The minimum absolute atomic E-state index is 0.143. The van der Waals surface area contributed by atoms with Crippen molar-refractivity contribution >= 4 is 33.2 Å². The Morgan fingerprint density at radius 2 is 1.94 bits per heavy atom. The summed E-state index contributed by atoms with van der Waals surface area (Å²) >= 11 is 5.99. The van der Waals surface area contributed by atoms with Gasteiger partial charge in [0.05, 0.1) is 17.9 Å². The van der Waals surface area contributed by atoms with Crippen molar-refractivity contribution in [3.63, 3.8) is 0 Å². The fourth-order valence-electron chi connectivity index (χ4n) is 3.97. The van der Waals surface area contributed by atoms with Crippen molar-refractivity contribution in [1.29, 1.82) is 0 Å². The smallest absolute Gasteiger partial charge is 0.267 e. The van der Waals surface area contributed by atoms with Crippen LogP contribution in [0.2, 0.25) is 5.02 Å². The lowest BCUT2D eigenvalue weighted by atomic mass is 10.0. The molecule has 1 saturated heterocycles. The van der Waals surface area contributed by atoms with E-state index in [2.05, 4.69) is 4.90 Å². The lowest BCUT2D eigenvalue weighted by Crippen LogP contribution is -2.34. The van der Waals surface area contributed by atoms with E-state index in [-0.39, 0.29) is 17.5 Å². The summed E-state index contributed by atoms with van der Waals surface area (Å²) < 4.78 is 45.2. The Bertz CT molecular complexity index is 1090. The zero-order valence-corrected chi connectivity index (χ0v) is 18.7. The fraction of sp³-hybridized carbons (Fsp3) is 0.409. The van der Waals surface area contributed by atoms with Gasteiger partial charge in [0.2, 0.25) is 10.0 Å². The van der Waals surface area contributed by atoms with E-state index >= 15 is 0 Å². The quantitative estimate of drug-likeness (QED) is 0.665. The Kier molecular flexibility index (Phi) is 6.12. The standard InChI is InChI=1S/C22H24ClFN2O4S/c1-31(28,29)25-22(27)19-11-18(14-4-5-14)21(12-20(19)24)30-13-17-3-2-10-26(17)16-8-6-15(23)7-9-16/h6-9,11-12,14,17H,2-5,10,13H2,1H3,(H,25,27)/t17-/m1/s1. The number of carbonyl (C=O) groups is 1. The number of halogens is 2. The van der Waals surface area contributed by atoms with Crippen molar-refractivity contribution in [2.75, 3.05) is 24.3 Å². The maximum Gasteiger partial charge on any atom is 0.267 e. The molecule has 1 amide bonds. The van der Waals surface area contributed by atoms with Gasteiger partial charge in [0.15, 0.2) is 0 Å². The maximum absolute atomic E-state index is 14.7. The van der Waals surface area contributed by atoms with Crippen LogP contribution in [0.25, 0.3) is 0 Å². The minimum Gasteiger partial charge on any atom is -0.491 e. The third-order valence-corrected chi connectivity index (χ3v) is 6.41. The molecule has 1 N–H and O–H groups in total. The Hall–Kier alpha value is -2.32. The minimum atomic E-state index is -3.78. The van der Waals surface area contributed by atoms with Gasteiger partial charge in [-0.1, -0.05) is 11.6 Å². The van der Waals surface area contributed by atoms with Gasteiger partial charge in [-0.15, -0.1) is 0 Å². The summed E-state index contributed by atoms with van der Waals surface area (Å²) in [6.07, 6.45) is 4.70. The van der Waals surface area contributed by atoms with E-state index in [0.29, 0.717) is 17.4 Å². The molecule has 0 aromatic heterocycles. The van der Waals surface area contributed by atoms with Gasteiger partial charge in [0.25, 0.3) is 5.91 Å². The van der Waals surface area contributed by atoms with Crippen LogP contribution in [0.4, 0.5) is 10.1 Å². The molecule has 1 heterocycles. The SMILES string of the molecule is CS(=O)(=O)NC(=O)c1cc(C2CC2)c(OC[C@H]2CCCN2c2ccc(Cl)cc2)cc1F. The number of hydrogen-bond donors (Lipinski definition) is 1. The van der Waals surface area contributed by atoms with Crippen LogP contribution in [0.5, 0.6) is 5.75 Å². The number of nitrogens with one attached hydrogen (secondary N) is 1. The first-order chi connectivity index (χ1) is 14.7. The topological polar surface area (TPSA) is 75.7 Å². The highest BCUT2D eigenvalue weighted by molar-refractivity contribution is 7.89. The van der Waals surface area contributed by atoms with Crippen LogP contribution >= 0.6 is 11.6 Å². The van der Waals surface area contributed by atoms with Crippen molar-refractivity contribution in [3.05, 3.63) is 58.4 Å². The first kappa shape index (κ1) is 21.9. The summed E-state index contributed by atoms with van der Waals surface area (Å²) in [4.78, 5) is 14.5.